The van der Waals surface area contributed by atoms with Crippen molar-refractivity contribution in [1.82, 2.24) is 15.2 Å². The lowest BCUT2D eigenvalue weighted by Crippen LogP contribution is -2.39. The van der Waals surface area contributed by atoms with Gasteiger partial charge in [0.15, 0.2) is 0 Å². The standard InChI is InChI=1S/C25H19F6N3O2/c26-24(27,28)17-11-16(12-18(13-17)25(29,30)31)14-34-21(19-3-1-2-4-20(19)23(34)36)22(35)33-10-7-15-5-8-32-9-6-15/h1-6,8-9,11-13,21H,7,10,14H2,(H,33,35). The van der Waals surface area contributed by atoms with Crippen molar-refractivity contribution >= 4 is 11.8 Å². The molecule has 1 atom stereocenters. The van der Waals surface area contributed by atoms with Gasteiger partial charge in [-0.3, -0.25) is 14.6 Å². The first-order valence-electron chi connectivity index (χ1n) is 10.8. The molecular weight excluding hydrogens is 488 g/mol. The third-order valence-corrected chi connectivity index (χ3v) is 5.77. The quantitative estimate of drug-likeness (QED) is 0.468. The van der Waals surface area contributed by atoms with Gasteiger partial charge in [0.05, 0.1) is 11.1 Å². The van der Waals surface area contributed by atoms with Crippen molar-refractivity contribution in [1.29, 1.82) is 0 Å². The summed E-state index contributed by atoms with van der Waals surface area (Å²) >= 11 is 0. The molecule has 1 aliphatic heterocycles. The number of aromatic nitrogens is 1. The van der Waals surface area contributed by atoms with Gasteiger partial charge < -0.3 is 10.2 Å². The Morgan fingerprint density at radius 3 is 2.11 bits per heavy atom. The van der Waals surface area contributed by atoms with Gasteiger partial charge in [-0.2, -0.15) is 26.3 Å². The van der Waals surface area contributed by atoms with Gasteiger partial charge in [-0.05, 0) is 59.5 Å². The fraction of sp³-hybridized carbons (Fsp3) is 0.240. The minimum atomic E-state index is -5.03. The van der Waals surface area contributed by atoms with E-state index in [4.69, 9.17) is 0 Å². The molecule has 0 radical (unpaired) electrons. The topological polar surface area (TPSA) is 62.3 Å². The first kappa shape index (κ1) is 25.2. The van der Waals surface area contributed by atoms with Gasteiger partial charge in [-0.15, -0.1) is 0 Å². The van der Waals surface area contributed by atoms with Crippen LogP contribution in [0.2, 0.25) is 0 Å². The molecule has 1 N–H and O–H groups in total. The number of benzene rings is 2. The number of nitrogens with one attached hydrogen (secondary N) is 1. The van der Waals surface area contributed by atoms with Crippen LogP contribution in [0.3, 0.4) is 0 Å². The van der Waals surface area contributed by atoms with E-state index < -0.39 is 53.4 Å². The number of amides is 2. The zero-order valence-corrected chi connectivity index (χ0v) is 18.5. The summed E-state index contributed by atoms with van der Waals surface area (Å²) in [4.78, 5) is 31.1. The Balaban J connectivity index is 1.63. The number of fused-ring (bicyclic) bond motifs is 1. The minimum absolute atomic E-state index is 0.0212. The molecule has 2 aromatic carbocycles. The number of rotatable bonds is 6. The Labute approximate surface area is 201 Å². The predicted molar refractivity (Wildman–Crippen MR) is 116 cm³/mol. The van der Waals surface area contributed by atoms with Crippen LogP contribution in [0.4, 0.5) is 26.3 Å². The van der Waals surface area contributed by atoms with Gasteiger partial charge in [-0.25, -0.2) is 0 Å². The van der Waals surface area contributed by atoms with Gasteiger partial charge in [0.2, 0.25) is 5.91 Å². The molecule has 1 aliphatic rings. The molecule has 0 saturated carbocycles. The van der Waals surface area contributed by atoms with Gasteiger partial charge in [0.25, 0.3) is 5.91 Å². The average molecular weight is 507 g/mol. The number of pyridine rings is 1. The summed E-state index contributed by atoms with van der Waals surface area (Å²) < 4.78 is 79.9. The molecule has 188 valence electrons. The lowest BCUT2D eigenvalue weighted by Gasteiger charge is -2.25. The highest BCUT2D eigenvalue weighted by molar-refractivity contribution is 6.04. The SMILES string of the molecule is O=C(NCCc1ccncc1)C1c2ccccc2C(=O)N1Cc1cc(C(F)(F)F)cc(C(F)(F)F)c1. The fourth-order valence-corrected chi connectivity index (χ4v) is 4.10. The Morgan fingerprint density at radius 1 is 0.889 bits per heavy atom. The monoisotopic (exact) mass is 507 g/mol. The first-order chi connectivity index (χ1) is 16.9. The summed E-state index contributed by atoms with van der Waals surface area (Å²) in [6.07, 6.45) is -6.42. The van der Waals surface area contributed by atoms with Crippen molar-refractivity contribution < 1.29 is 35.9 Å². The Hall–Kier alpha value is -3.89. The van der Waals surface area contributed by atoms with E-state index in [0.29, 0.717) is 24.1 Å². The van der Waals surface area contributed by atoms with Crippen molar-refractivity contribution in [3.05, 3.63) is 100 Å². The number of carbonyl (C=O) groups is 2. The smallest absolute Gasteiger partial charge is 0.354 e. The molecule has 2 heterocycles. The summed E-state index contributed by atoms with van der Waals surface area (Å²) in [6.45, 7) is -0.422. The van der Waals surface area contributed by atoms with Crippen LogP contribution in [-0.4, -0.2) is 28.2 Å². The maximum atomic E-state index is 13.3. The zero-order chi connectivity index (χ0) is 26.1. The number of nitrogens with zero attached hydrogens (tertiary/aromatic N) is 2. The highest BCUT2D eigenvalue weighted by Gasteiger charge is 2.42. The van der Waals surface area contributed by atoms with Crippen molar-refractivity contribution in [2.75, 3.05) is 6.54 Å². The molecule has 0 fully saturated rings. The third-order valence-electron chi connectivity index (χ3n) is 5.77. The highest BCUT2D eigenvalue weighted by Crippen LogP contribution is 2.39. The van der Waals surface area contributed by atoms with Crippen LogP contribution in [-0.2, 0) is 30.1 Å². The Kier molecular flexibility index (Phi) is 6.75. The third kappa shape index (κ3) is 5.34. The van der Waals surface area contributed by atoms with Gasteiger partial charge in [0, 0.05) is 31.0 Å². The largest absolute Gasteiger partial charge is 0.416 e. The van der Waals surface area contributed by atoms with Gasteiger partial charge in [-0.1, -0.05) is 18.2 Å². The Bertz CT molecular complexity index is 1240. The maximum absolute atomic E-state index is 13.3. The van der Waals surface area contributed by atoms with E-state index in [9.17, 15) is 35.9 Å². The molecular formula is C25H19F6N3O2. The maximum Gasteiger partial charge on any atom is 0.416 e. The molecule has 3 aromatic rings. The molecule has 0 spiro atoms. The second-order valence-electron chi connectivity index (χ2n) is 8.23. The second-order valence-corrected chi connectivity index (χ2v) is 8.23. The molecule has 0 saturated heterocycles. The van der Waals surface area contributed by atoms with Gasteiger partial charge >= 0.3 is 12.4 Å². The van der Waals surface area contributed by atoms with E-state index in [2.05, 4.69) is 10.3 Å². The number of carbonyl (C=O) groups excluding carboxylic acids is 2. The van der Waals surface area contributed by atoms with E-state index in [0.717, 1.165) is 10.5 Å². The number of hydrogen-bond donors (Lipinski definition) is 1. The van der Waals surface area contributed by atoms with Crippen LogP contribution < -0.4 is 5.32 Å². The van der Waals surface area contributed by atoms with E-state index in [1.54, 1.807) is 36.7 Å². The van der Waals surface area contributed by atoms with Crippen LogP contribution in [0, 0.1) is 0 Å². The number of hydrogen-bond acceptors (Lipinski definition) is 3. The molecule has 0 bridgehead atoms. The van der Waals surface area contributed by atoms with Crippen LogP contribution in [0.25, 0.3) is 0 Å². The van der Waals surface area contributed by atoms with Crippen molar-refractivity contribution in [2.24, 2.45) is 0 Å². The Morgan fingerprint density at radius 2 is 1.50 bits per heavy atom. The van der Waals surface area contributed by atoms with Crippen LogP contribution in [0.5, 0.6) is 0 Å². The zero-order valence-electron chi connectivity index (χ0n) is 18.5. The number of alkyl halides is 6. The second kappa shape index (κ2) is 9.63. The van der Waals surface area contributed by atoms with Crippen molar-refractivity contribution in [3.63, 3.8) is 0 Å². The van der Waals surface area contributed by atoms with Gasteiger partial charge in [0.1, 0.15) is 6.04 Å². The summed E-state index contributed by atoms with van der Waals surface area (Å²) in [5.74, 6) is -1.25. The fourth-order valence-electron chi connectivity index (χ4n) is 4.10. The van der Waals surface area contributed by atoms with E-state index >= 15 is 0 Å². The molecule has 0 aliphatic carbocycles. The molecule has 4 rings (SSSR count). The lowest BCUT2D eigenvalue weighted by molar-refractivity contribution is -0.143. The molecule has 11 heteroatoms. The van der Waals surface area contributed by atoms with Crippen LogP contribution in [0.1, 0.15) is 44.2 Å². The summed E-state index contributed by atoms with van der Waals surface area (Å²) in [7, 11) is 0. The number of halogens is 6. The van der Waals surface area contributed by atoms with Crippen LogP contribution >= 0.6 is 0 Å². The van der Waals surface area contributed by atoms with Crippen LogP contribution in [0.15, 0.2) is 67.0 Å². The summed E-state index contributed by atoms with van der Waals surface area (Å²) in [6, 6.07) is 9.60. The molecule has 1 aromatic heterocycles. The molecule has 36 heavy (non-hydrogen) atoms. The van der Waals surface area contributed by atoms with E-state index in [-0.39, 0.29) is 18.2 Å². The molecule has 1 unspecified atom stereocenters. The highest BCUT2D eigenvalue weighted by atomic mass is 19.4. The summed E-state index contributed by atoms with van der Waals surface area (Å²) in [5, 5.41) is 2.71. The van der Waals surface area contributed by atoms with E-state index in [1.807, 2.05) is 0 Å². The van der Waals surface area contributed by atoms with Crippen molar-refractivity contribution in [2.45, 2.75) is 31.4 Å². The normalized spacial score (nSPS) is 15.7. The average Bonchev–Trinajstić information content (AvgIpc) is 3.10. The summed E-state index contributed by atoms with van der Waals surface area (Å²) in [5.41, 5.74) is -1.99. The minimum Gasteiger partial charge on any atom is -0.354 e. The first-order valence-corrected chi connectivity index (χ1v) is 10.8. The van der Waals surface area contributed by atoms with E-state index in [1.165, 1.54) is 12.1 Å². The predicted octanol–water partition coefficient (Wildman–Crippen LogP) is 5.18. The molecule has 2 amide bonds. The lowest BCUT2D eigenvalue weighted by atomic mass is 10.0. The molecule has 5 nitrogen and oxygen atoms in total. The van der Waals surface area contributed by atoms with Crippen molar-refractivity contribution in [3.8, 4) is 0 Å².